The summed E-state index contributed by atoms with van der Waals surface area (Å²) in [5.74, 6) is -0.756. The van der Waals surface area contributed by atoms with Gasteiger partial charge in [0.25, 0.3) is 0 Å². The molecule has 58 heavy (non-hydrogen) atoms. The molecular formula is C48H65FO6S3. The van der Waals surface area contributed by atoms with Gasteiger partial charge in [0.15, 0.2) is 17.2 Å². The molecule has 0 aliphatic carbocycles. The molecule has 10 heteroatoms. The maximum absolute atomic E-state index is 13.2. The fourth-order valence-corrected chi connectivity index (χ4v) is 9.52. The van der Waals surface area contributed by atoms with Gasteiger partial charge in [-0.15, -0.1) is 34.0 Å². The molecule has 0 spiro atoms. The van der Waals surface area contributed by atoms with E-state index in [2.05, 4.69) is 20.8 Å². The summed E-state index contributed by atoms with van der Waals surface area (Å²) in [4.78, 5) is 38.3. The first-order valence-corrected chi connectivity index (χ1v) is 22.0. The Labute approximate surface area is 356 Å². The number of halogens is 1. The van der Waals surface area contributed by atoms with E-state index in [1.165, 1.54) is 79.8 Å². The molecule has 6 aromatic rings. The van der Waals surface area contributed by atoms with Gasteiger partial charge in [-0.05, 0) is 81.0 Å². The van der Waals surface area contributed by atoms with Crippen LogP contribution >= 0.6 is 34.0 Å². The minimum atomic E-state index is -0.457. The fraction of sp³-hybridized carbons (Fsp3) is 0.438. The number of hydrogen-bond acceptors (Lipinski definition) is 9. The molecule has 0 bridgehead atoms. The third-order valence-electron chi connectivity index (χ3n) is 9.36. The normalized spacial score (nSPS) is 10.4. The van der Waals surface area contributed by atoms with E-state index in [0.29, 0.717) is 22.1 Å². The Kier molecular flexibility index (Phi) is 24.0. The first kappa shape index (κ1) is 51.9. The molecule has 0 unspecified atom stereocenters. The zero-order chi connectivity index (χ0) is 39.7. The van der Waals surface area contributed by atoms with E-state index >= 15 is 0 Å². The molecule has 3 heterocycles. The van der Waals surface area contributed by atoms with Crippen molar-refractivity contribution in [2.75, 3.05) is 0 Å². The van der Waals surface area contributed by atoms with Gasteiger partial charge in [0.05, 0.1) is 14.6 Å². The van der Waals surface area contributed by atoms with Crippen LogP contribution in [0.3, 0.4) is 0 Å². The molecule has 0 fully saturated rings. The molecule has 3 aromatic heterocycles. The van der Waals surface area contributed by atoms with Gasteiger partial charge in [0.1, 0.15) is 5.82 Å². The Morgan fingerprint density at radius 2 is 0.793 bits per heavy atom. The highest BCUT2D eigenvalue weighted by Crippen LogP contribution is 2.30. The first-order valence-electron chi connectivity index (χ1n) is 19.5. The second kappa shape index (κ2) is 26.8. The highest BCUT2D eigenvalue weighted by Gasteiger charge is 2.13. The van der Waals surface area contributed by atoms with Crippen molar-refractivity contribution in [1.82, 2.24) is 0 Å². The van der Waals surface area contributed by atoms with E-state index < -0.39 is 11.2 Å². The quantitative estimate of drug-likeness (QED) is 0.0887. The molecule has 0 radical (unpaired) electrons. The molecule has 0 saturated carbocycles. The number of aromatic hydroxyl groups is 3. The van der Waals surface area contributed by atoms with Crippen molar-refractivity contribution in [2.24, 2.45) is 0 Å². The summed E-state index contributed by atoms with van der Waals surface area (Å²) in [6.07, 6.45) is 16.0. The Bertz CT molecular complexity index is 2330. The van der Waals surface area contributed by atoms with Gasteiger partial charge in [-0.2, -0.15) is 0 Å². The third-order valence-corrected chi connectivity index (χ3v) is 13.0. The van der Waals surface area contributed by atoms with Crippen LogP contribution in [0.5, 0.6) is 17.2 Å². The fourth-order valence-electron chi connectivity index (χ4n) is 6.18. The third kappa shape index (κ3) is 14.3. The van der Waals surface area contributed by atoms with E-state index in [9.17, 15) is 34.1 Å². The van der Waals surface area contributed by atoms with Gasteiger partial charge in [-0.1, -0.05) is 125 Å². The SMILES string of the molecule is C.C.C.CCCCCCCc1sc2ccc(F)cc2c(=O)c1O.CCCCCCCc1sc2ccccc2c(=O)c1O.CCCCc1sc2ccccc2c(=O)c1O. The minimum Gasteiger partial charge on any atom is -0.503 e. The molecule has 6 nitrogen and oxygen atoms in total. The lowest BCUT2D eigenvalue weighted by Crippen LogP contribution is -2.03. The molecular weight excluding hydrogens is 788 g/mol. The lowest BCUT2D eigenvalue weighted by atomic mass is 10.1. The average molecular weight is 853 g/mol. The molecule has 6 rings (SSSR count). The molecule has 0 saturated heterocycles. The zero-order valence-corrected chi connectivity index (χ0v) is 34.6. The smallest absolute Gasteiger partial charge is 0.229 e. The van der Waals surface area contributed by atoms with Crippen molar-refractivity contribution in [3.05, 3.63) is 118 Å². The topological polar surface area (TPSA) is 112 Å². The van der Waals surface area contributed by atoms with Gasteiger partial charge < -0.3 is 15.3 Å². The predicted molar refractivity (Wildman–Crippen MR) is 253 cm³/mol. The Hall–Kier alpha value is -4.12. The average Bonchev–Trinajstić information content (AvgIpc) is 3.20. The molecule has 0 atom stereocenters. The lowest BCUT2D eigenvalue weighted by Gasteiger charge is -2.05. The molecule has 318 valence electrons. The summed E-state index contributed by atoms with van der Waals surface area (Å²) in [5.41, 5.74) is -0.917. The predicted octanol–water partition coefficient (Wildman–Crippen LogP) is 14.3. The van der Waals surface area contributed by atoms with E-state index in [1.54, 1.807) is 29.5 Å². The largest absolute Gasteiger partial charge is 0.503 e. The molecule has 0 amide bonds. The molecule has 0 aliphatic rings. The van der Waals surface area contributed by atoms with E-state index in [4.69, 9.17) is 0 Å². The standard InChI is InChI=1S/C16H19FO2S.C16H20O2S.C13H14O2S.3CH4/c1-2-3-4-5-6-7-14-16(19)15(18)12-10-11(17)8-9-13(12)20-14;1-2-3-4-5-6-11-14-16(18)15(17)12-9-7-8-10-13(12)19-14;1-2-3-7-11-13(15)12(14)9-6-4-5-8-10(9)16-11;;;/h8-10,19H,2-7H2,1H3;7-10,18H,2-6,11H2,1H3;4-6,8,15H,2-3,7H2,1H3;3*1H4. The number of rotatable bonds is 15. The van der Waals surface area contributed by atoms with Gasteiger partial charge >= 0.3 is 0 Å². The van der Waals surface area contributed by atoms with Crippen molar-refractivity contribution in [3.63, 3.8) is 0 Å². The minimum absolute atomic E-state index is 0. The number of hydrogen-bond donors (Lipinski definition) is 3. The van der Waals surface area contributed by atoms with Crippen molar-refractivity contribution in [3.8, 4) is 17.2 Å². The molecule has 3 aromatic carbocycles. The van der Waals surface area contributed by atoms with Gasteiger partial charge in [-0.25, -0.2) is 4.39 Å². The summed E-state index contributed by atoms with van der Waals surface area (Å²) in [6.45, 7) is 6.46. The number of fused-ring (bicyclic) bond motifs is 3. The van der Waals surface area contributed by atoms with Crippen molar-refractivity contribution < 1.29 is 19.7 Å². The highest BCUT2D eigenvalue weighted by atomic mass is 32.1. The number of aryl methyl sites for hydroxylation is 3. The van der Waals surface area contributed by atoms with Crippen LogP contribution in [0.2, 0.25) is 0 Å². The summed E-state index contributed by atoms with van der Waals surface area (Å²) < 4.78 is 15.8. The van der Waals surface area contributed by atoms with Crippen molar-refractivity contribution >= 4 is 64.3 Å². The first-order chi connectivity index (χ1) is 26.6. The summed E-state index contributed by atoms with van der Waals surface area (Å²) in [5, 5.41) is 31.3. The number of benzene rings is 3. The van der Waals surface area contributed by atoms with E-state index in [0.717, 1.165) is 68.8 Å². The van der Waals surface area contributed by atoms with Crippen LogP contribution in [-0.4, -0.2) is 15.3 Å². The Balaban J connectivity index is 0.000000426. The number of unbranched alkanes of at least 4 members (excludes halogenated alkanes) is 9. The summed E-state index contributed by atoms with van der Waals surface area (Å²) in [6, 6.07) is 19.1. The Morgan fingerprint density at radius 1 is 0.448 bits per heavy atom. The second-order valence-corrected chi connectivity index (χ2v) is 17.1. The van der Waals surface area contributed by atoms with Crippen LogP contribution in [0.1, 0.15) is 135 Å². The monoisotopic (exact) mass is 852 g/mol. The molecule has 0 aliphatic heterocycles. The maximum Gasteiger partial charge on any atom is 0.229 e. The van der Waals surface area contributed by atoms with Crippen LogP contribution in [0.15, 0.2) is 81.1 Å². The van der Waals surface area contributed by atoms with E-state index in [1.807, 2.05) is 36.4 Å². The summed E-state index contributed by atoms with van der Waals surface area (Å²) in [7, 11) is 0. The van der Waals surface area contributed by atoms with Crippen LogP contribution < -0.4 is 16.3 Å². The van der Waals surface area contributed by atoms with Crippen molar-refractivity contribution in [2.45, 2.75) is 139 Å². The van der Waals surface area contributed by atoms with Gasteiger partial charge in [0, 0.05) is 30.3 Å². The van der Waals surface area contributed by atoms with Gasteiger partial charge in [0.2, 0.25) is 16.3 Å². The van der Waals surface area contributed by atoms with Crippen LogP contribution in [-0.2, 0) is 19.3 Å². The maximum atomic E-state index is 13.2. The van der Waals surface area contributed by atoms with Crippen molar-refractivity contribution in [1.29, 1.82) is 0 Å². The van der Waals surface area contributed by atoms with Crippen LogP contribution in [0, 0.1) is 5.82 Å². The highest BCUT2D eigenvalue weighted by molar-refractivity contribution is 7.19. The summed E-state index contributed by atoms with van der Waals surface area (Å²) >= 11 is 4.44. The van der Waals surface area contributed by atoms with E-state index in [-0.39, 0.29) is 55.8 Å². The van der Waals surface area contributed by atoms with Crippen LogP contribution in [0.4, 0.5) is 4.39 Å². The van der Waals surface area contributed by atoms with Crippen LogP contribution in [0.25, 0.3) is 30.3 Å². The Morgan fingerprint density at radius 3 is 1.21 bits per heavy atom. The molecule has 3 N–H and O–H groups in total. The van der Waals surface area contributed by atoms with Gasteiger partial charge in [-0.3, -0.25) is 14.4 Å². The lowest BCUT2D eigenvalue weighted by molar-refractivity contribution is 0.464. The second-order valence-electron chi connectivity index (χ2n) is 13.7. The zero-order valence-electron chi connectivity index (χ0n) is 32.1.